The molecular formula is C14H16O2. The lowest BCUT2D eigenvalue weighted by Crippen LogP contribution is -2.14. The Bertz CT molecular complexity index is 384. The predicted octanol–water partition coefficient (Wildman–Crippen LogP) is 2.75. The molecule has 0 aromatic heterocycles. The topological polar surface area (TPSA) is 26.3 Å². The second-order valence-corrected chi connectivity index (χ2v) is 3.42. The highest BCUT2D eigenvalue weighted by Gasteiger charge is 2.18. The fourth-order valence-corrected chi connectivity index (χ4v) is 1.52. The van der Waals surface area contributed by atoms with Crippen LogP contribution in [-0.4, -0.2) is 12.9 Å². The molecule has 0 radical (unpaired) electrons. The average Bonchev–Trinajstić information content (AvgIpc) is 2.32. The van der Waals surface area contributed by atoms with Crippen molar-refractivity contribution in [2.24, 2.45) is 0 Å². The van der Waals surface area contributed by atoms with E-state index in [4.69, 9.17) is 4.74 Å². The Morgan fingerprint density at radius 3 is 2.62 bits per heavy atom. The number of carbonyl (C=O) groups excluding carboxylic acids is 1. The molecule has 16 heavy (non-hydrogen) atoms. The van der Waals surface area contributed by atoms with E-state index in [-0.39, 0.29) is 5.78 Å². The molecule has 0 fully saturated rings. The first kappa shape index (κ1) is 12.5. The van der Waals surface area contributed by atoms with Crippen LogP contribution in [0.2, 0.25) is 0 Å². The minimum atomic E-state index is -0.458. The molecule has 0 aliphatic carbocycles. The molecule has 84 valence electrons. The van der Waals surface area contributed by atoms with Crippen LogP contribution < -0.4 is 0 Å². The van der Waals surface area contributed by atoms with Gasteiger partial charge in [-0.15, -0.1) is 11.8 Å². The lowest BCUT2D eigenvalue weighted by Gasteiger charge is -2.13. The van der Waals surface area contributed by atoms with Gasteiger partial charge in [0.15, 0.2) is 5.78 Å². The zero-order valence-corrected chi connectivity index (χ0v) is 9.69. The molecule has 0 amide bonds. The van der Waals surface area contributed by atoms with Crippen molar-refractivity contribution in [1.82, 2.24) is 0 Å². The summed E-state index contributed by atoms with van der Waals surface area (Å²) in [4.78, 5) is 11.9. The van der Waals surface area contributed by atoms with E-state index in [0.717, 1.165) is 5.56 Å². The molecule has 1 rings (SSSR count). The van der Waals surface area contributed by atoms with Gasteiger partial charge in [0.05, 0.1) is 0 Å². The monoisotopic (exact) mass is 216 g/mol. The third-order valence-electron chi connectivity index (χ3n) is 2.30. The molecule has 1 unspecified atom stereocenters. The number of rotatable bonds is 5. The van der Waals surface area contributed by atoms with E-state index in [0.29, 0.717) is 12.8 Å². The van der Waals surface area contributed by atoms with E-state index in [1.165, 1.54) is 0 Å². The Labute approximate surface area is 96.6 Å². The second-order valence-electron chi connectivity index (χ2n) is 3.42. The second kappa shape index (κ2) is 6.81. The summed E-state index contributed by atoms with van der Waals surface area (Å²) in [7, 11) is 1.56. The van der Waals surface area contributed by atoms with Gasteiger partial charge in [-0.3, -0.25) is 4.79 Å². The number of hydrogen-bond acceptors (Lipinski definition) is 2. The Morgan fingerprint density at radius 2 is 2.06 bits per heavy atom. The standard InChI is InChI=1S/C14H16O2/c1-3-4-6-11-13(15)14(16-2)12-9-7-5-8-10-12/h5,7-10,14H,6,11H2,1-2H3. The molecule has 0 spiro atoms. The molecule has 2 heteroatoms. The zero-order chi connectivity index (χ0) is 11.8. The summed E-state index contributed by atoms with van der Waals surface area (Å²) in [5, 5.41) is 0. The molecule has 1 aromatic rings. The van der Waals surface area contributed by atoms with Crippen molar-refractivity contribution in [2.75, 3.05) is 7.11 Å². The van der Waals surface area contributed by atoms with Crippen molar-refractivity contribution in [1.29, 1.82) is 0 Å². The number of Topliss-reactive ketones (excluding diaryl/α,β-unsaturated/α-hetero) is 1. The van der Waals surface area contributed by atoms with Crippen molar-refractivity contribution in [3.05, 3.63) is 35.9 Å². The van der Waals surface area contributed by atoms with Crippen LogP contribution in [0.25, 0.3) is 0 Å². The fourth-order valence-electron chi connectivity index (χ4n) is 1.52. The van der Waals surface area contributed by atoms with Gasteiger partial charge in [0.2, 0.25) is 0 Å². The van der Waals surface area contributed by atoms with Crippen molar-refractivity contribution < 1.29 is 9.53 Å². The Kier molecular flexibility index (Phi) is 5.31. The molecule has 1 atom stereocenters. The van der Waals surface area contributed by atoms with Gasteiger partial charge in [0, 0.05) is 20.0 Å². The van der Waals surface area contributed by atoms with E-state index >= 15 is 0 Å². The van der Waals surface area contributed by atoms with Gasteiger partial charge >= 0.3 is 0 Å². The van der Waals surface area contributed by atoms with Crippen LogP contribution in [-0.2, 0) is 9.53 Å². The average molecular weight is 216 g/mol. The number of carbonyl (C=O) groups is 1. The molecule has 0 saturated heterocycles. The highest BCUT2D eigenvalue weighted by atomic mass is 16.5. The third kappa shape index (κ3) is 3.52. The van der Waals surface area contributed by atoms with Crippen molar-refractivity contribution in [2.45, 2.75) is 25.9 Å². The van der Waals surface area contributed by atoms with Gasteiger partial charge in [0.25, 0.3) is 0 Å². The lowest BCUT2D eigenvalue weighted by atomic mass is 10.0. The van der Waals surface area contributed by atoms with Crippen LogP contribution in [0.4, 0.5) is 0 Å². The predicted molar refractivity (Wildman–Crippen MR) is 63.9 cm³/mol. The maximum Gasteiger partial charge on any atom is 0.167 e. The number of ketones is 1. The van der Waals surface area contributed by atoms with Gasteiger partial charge in [-0.1, -0.05) is 30.3 Å². The molecule has 0 bridgehead atoms. The number of methoxy groups -OCH3 is 1. The summed E-state index contributed by atoms with van der Waals surface area (Å²) in [6, 6.07) is 9.53. The third-order valence-corrected chi connectivity index (χ3v) is 2.30. The quantitative estimate of drug-likeness (QED) is 0.707. The largest absolute Gasteiger partial charge is 0.369 e. The number of hydrogen-bond donors (Lipinski definition) is 0. The van der Waals surface area contributed by atoms with Gasteiger partial charge in [0.1, 0.15) is 6.10 Å². The summed E-state index contributed by atoms with van der Waals surface area (Å²) in [6.45, 7) is 1.77. The van der Waals surface area contributed by atoms with E-state index < -0.39 is 6.10 Å². The normalized spacial score (nSPS) is 11.4. The van der Waals surface area contributed by atoms with Crippen molar-refractivity contribution >= 4 is 5.78 Å². The minimum Gasteiger partial charge on any atom is -0.369 e. The maximum atomic E-state index is 11.9. The summed E-state index contributed by atoms with van der Waals surface area (Å²) in [5.74, 6) is 5.74. The Morgan fingerprint density at radius 1 is 1.38 bits per heavy atom. The summed E-state index contributed by atoms with van der Waals surface area (Å²) in [5.41, 5.74) is 0.902. The van der Waals surface area contributed by atoms with Crippen LogP contribution in [0.15, 0.2) is 30.3 Å². The zero-order valence-electron chi connectivity index (χ0n) is 9.69. The summed E-state index contributed by atoms with van der Waals surface area (Å²) >= 11 is 0. The molecule has 0 aliphatic heterocycles. The lowest BCUT2D eigenvalue weighted by molar-refractivity contribution is -0.129. The van der Waals surface area contributed by atoms with Crippen LogP contribution in [0, 0.1) is 11.8 Å². The summed E-state index contributed by atoms with van der Waals surface area (Å²) in [6.07, 6.45) is 0.579. The first-order valence-electron chi connectivity index (χ1n) is 5.29. The highest BCUT2D eigenvalue weighted by molar-refractivity contribution is 5.84. The summed E-state index contributed by atoms with van der Waals surface area (Å²) < 4.78 is 5.23. The van der Waals surface area contributed by atoms with Gasteiger partial charge in [-0.2, -0.15) is 0 Å². The Balaban J connectivity index is 2.66. The van der Waals surface area contributed by atoms with Crippen molar-refractivity contribution in [3.8, 4) is 11.8 Å². The van der Waals surface area contributed by atoms with Crippen LogP contribution in [0.5, 0.6) is 0 Å². The van der Waals surface area contributed by atoms with E-state index in [2.05, 4.69) is 11.8 Å². The van der Waals surface area contributed by atoms with Gasteiger partial charge in [-0.05, 0) is 12.5 Å². The molecule has 2 nitrogen and oxygen atoms in total. The van der Waals surface area contributed by atoms with Gasteiger partial charge < -0.3 is 4.74 Å². The van der Waals surface area contributed by atoms with E-state index in [1.54, 1.807) is 14.0 Å². The fraction of sp³-hybridized carbons (Fsp3) is 0.357. The molecule has 0 heterocycles. The first-order chi connectivity index (χ1) is 7.79. The maximum absolute atomic E-state index is 11.9. The van der Waals surface area contributed by atoms with E-state index in [1.807, 2.05) is 30.3 Å². The van der Waals surface area contributed by atoms with Gasteiger partial charge in [-0.25, -0.2) is 0 Å². The Hall–Kier alpha value is -1.59. The molecule has 0 N–H and O–H groups in total. The molecular weight excluding hydrogens is 200 g/mol. The molecule has 1 aromatic carbocycles. The van der Waals surface area contributed by atoms with Crippen LogP contribution >= 0.6 is 0 Å². The van der Waals surface area contributed by atoms with Crippen molar-refractivity contribution in [3.63, 3.8) is 0 Å². The van der Waals surface area contributed by atoms with Crippen LogP contribution in [0.3, 0.4) is 0 Å². The first-order valence-corrected chi connectivity index (χ1v) is 5.29. The smallest absolute Gasteiger partial charge is 0.167 e. The number of ether oxygens (including phenoxy) is 1. The minimum absolute atomic E-state index is 0.0800. The highest BCUT2D eigenvalue weighted by Crippen LogP contribution is 2.19. The SMILES string of the molecule is CC#CCCC(=O)C(OC)c1ccccc1. The van der Waals surface area contributed by atoms with E-state index in [9.17, 15) is 4.79 Å². The molecule has 0 aliphatic rings. The van der Waals surface area contributed by atoms with Crippen LogP contribution in [0.1, 0.15) is 31.4 Å². The number of benzene rings is 1. The molecule has 0 saturated carbocycles.